The summed E-state index contributed by atoms with van der Waals surface area (Å²) in [7, 11) is 1.68. The zero-order valence-corrected chi connectivity index (χ0v) is 9.93. The number of anilines is 1. The van der Waals surface area contributed by atoms with Gasteiger partial charge in [0, 0.05) is 13.6 Å². The standard InChI is InChI=1S/C10H18N4O2/c1-4-8(5-2)6-11-10-9(14(15)16)7-13(3)12-10/h7-8H,4-6H2,1-3H3,(H,11,12). The van der Waals surface area contributed by atoms with Crippen LogP contribution in [0.4, 0.5) is 11.5 Å². The minimum Gasteiger partial charge on any atom is -0.363 e. The highest BCUT2D eigenvalue weighted by Gasteiger charge is 2.18. The largest absolute Gasteiger partial charge is 0.363 e. The number of rotatable bonds is 6. The maximum absolute atomic E-state index is 10.7. The molecule has 0 unspecified atom stereocenters. The number of nitrogens with zero attached hydrogens (tertiary/aromatic N) is 3. The first-order valence-corrected chi connectivity index (χ1v) is 5.50. The summed E-state index contributed by atoms with van der Waals surface area (Å²) in [5.74, 6) is 0.890. The summed E-state index contributed by atoms with van der Waals surface area (Å²) < 4.78 is 1.45. The Balaban J connectivity index is 2.69. The quantitative estimate of drug-likeness (QED) is 0.596. The minimum atomic E-state index is -0.414. The van der Waals surface area contributed by atoms with Gasteiger partial charge in [0.1, 0.15) is 6.20 Å². The molecular formula is C10H18N4O2. The van der Waals surface area contributed by atoms with Gasteiger partial charge in [0.2, 0.25) is 5.82 Å². The fraction of sp³-hybridized carbons (Fsp3) is 0.700. The van der Waals surface area contributed by atoms with Gasteiger partial charge < -0.3 is 5.32 Å². The Kier molecular flexibility index (Phi) is 4.28. The number of aromatic nitrogens is 2. The lowest BCUT2D eigenvalue weighted by Gasteiger charge is -2.12. The van der Waals surface area contributed by atoms with Crippen LogP contribution in [0.15, 0.2) is 6.20 Å². The van der Waals surface area contributed by atoms with E-state index >= 15 is 0 Å². The van der Waals surface area contributed by atoms with E-state index in [1.54, 1.807) is 7.05 Å². The summed E-state index contributed by atoms with van der Waals surface area (Å²) in [5.41, 5.74) is 0.0356. The zero-order valence-electron chi connectivity index (χ0n) is 9.93. The highest BCUT2D eigenvalue weighted by molar-refractivity contribution is 5.54. The first kappa shape index (κ1) is 12.5. The van der Waals surface area contributed by atoms with E-state index in [9.17, 15) is 10.1 Å². The van der Waals surface area contributed by atoms with Crippen LogP contribution in [0.1, 0.15) is 26.7 Å². The number of nitro groups is 1. The number of hydrogen-bond acceptors (Lipinski definition) is 4. The average Bonchev–Trinajstić information content (AvgIpc) is 2.61. The van der Waals surface area contributed by atoms with E-state index in [-0.39, 0.29) is 5.69 Å². The van der Waals surface area contributed by atoms with Gasteiger partial charge in [0.05, 0.1) is 4.92 Å². The third-order valence-corrected chi connectivity index (χ3v) is 2.72. The molecule has 1 heterocycles. The van der Waals surface area contributed by atoms with Crippen LogP contribution in [0.5, 0.6) is 0 Å². The summed E-state index contributed by atoms with van der Waals surface area (Å²) in [6, 6.07) is 0. The summed E-state index contributed by atoms with van der Waals surface area (Å²) >= 11 is 0. The second-order valence-corrected chi connectivity index (χ2v) is 3.86. The second-order valence-electron chi connectivity index (χ2n) is 3.86. The minimum absolute atomic E-state index is 0.0356. The van der Waals surface area contributed by atoms with E-state index in [1.807, 2.05) is 0 Å². The molecule has 1 N–H and O–H groups in total. The maximum atomic E-state index is 10.7. The van der Waals surface area contributed by atoms with Gasteiger partial charge in [-0.2, -0.15) is 0 Å². The smallest absolute Gasteiger partial charge is 0.330 e. The van der Waals surface area contributed by atoms with Crippen LogP contribution in [0.2, 0.25) is 0 Å². The molecule has 90 valence electrons. The molecule has 16 heavy (non-hydrogen) atoms. The lowest BCUT2D eigenvalue weighted by atomic mass is 10.0. The van der Waals surface area contributed by atoms with Crippen molar-refractivity contribution >= 4 is 11.5 Å². The molecule has 6 heteroatoms. The maximum Gasteiger partial charge on any atom is 0.330 e. The Hall–Kier alpha value is -1.59. The van der Waals surface area contributed by atoms with E-state index < -0.39 is 4.92 Å². The van der Waals surface area contributed by atoms with Crippen LogP contribution in [0.25, 0.3) is 0 Å². The van der Waals surface area contributed by atoms with Gasteiger partial charge in [-0.05, 0) is 5.92 Å². The van der Waals surface area contributed by atoms with Crippen molar-refractivity contribution < 1.29 is 4.92 Å². The van der Waals surface area contributed by atoms with Gasteiger partial charge in [0.15, 0.2) is 0 Å². The van der Waals surface area contributed by atoms with Gasteiger partial charge in [0.25, 0.3) is 0 Å². The van der Waals surface area contributed by atoms with Gasteiger partial charge in [-0.1, -0.05) is 26.7 Å². The van der Waals surface area contributed by atoms with Gasteiger partial charge in [-0.3, -0.25) is 14.8 Å². The first-order valence-electron chi connectivity index (χ1n) is 5.50. The first-order chi connectivity index (χ1) is 7.58. The molecule has 0 spiro atoms. The highest BCUT2D eigenvalue weighted by Crippen LogP contribution is 2.22. The second kappa shape index (κ2) is 5.48. The fourth-order valence-electron chi connectivity index (χ4n) is 1.55. The monoisotopic (exact) mass is 226 g/mol. The molecular weight excluding hydrogens is 208 g/mol. The van der Waals surface area contributed by atoms with Gasteiger partial charge in [-0.25, -0.2) is 0 Å². The Bertz CT molecular complexity index is 358. The molecule has 0 saturated heterocycles. The van der Waals surface area contributed by atoms with Crippen molar-refractivity contribution in [3.05, 3.63) is 16.3 Å². The summed E-state index contributed by atoms with van der Waals surface area (Å²) in [6.07, 6.45) is 3.53. The summed E-state index contributed by atoms with van der Waals surface area (Å²) in [5, 5.41) is 17.8. The van der Waals surface area contributed by atoms with Crippen molar-refractivity contribution in [1.82, 2.24) is 9.78 Å². The van der Waals surface area contributed by atoms with E-state index in [0.29, 0.717) is 11.7 Å². The third-order valence-electron chi connectivity index (χ3n) is 2.72. The molecule has 0 radical (unpaired) electrons. The third kappa shape index (κ3) is 2.95. The topological polar surface area (TPSA) is 73.0 Å². The normalized spacial score (nSPS) is 10.8. The van der Waals surface area contributed by atoms with E-state index in [0.717, 1.165) is 19.4 Å². The number of nitrogens with one attached hydrogen (secondary N) is 1. The molecule has 0 aliphatic rings. The molecule has 0 aromatic carbocycles. The van der Waals surface area contributed by atoms with E-state index in [2.05, 4.69) is 24.3 Å². The molecule has 0 bridgehead atoms. The predicted molar refractivity (Wildman–Crippen MR) is 62.4 cm³/mol. The molecule has 1 rings (SSSR count). The zero-order chi connectivity index (χ0) is 12.1. The molecule has 1 aromatic heterocycles. The van der Waals surface area contributed by atoms with Crippen LogP contribution < -0.4 is 5.32 Å². The van der Waals surface area contributed by atoms with E-state index in [1.165, 1.54) is 10.9 Å². The highest BCUT2D eigenvalue weighted by atomic mass is 16.6. The van der Waals surface area contributed by atoms with Crippen molar-refractivity contribution in [2.75, 3.05) is 11.9 Å². The Labute approximate surface area is 94.8 Å². The van der Waals surface area contributed by atoms with Crippen LogP contribution in [-0.2, 0) is 7.05 Å². The van der Waals surface area contributed by atoms with Crippen molar-refractivity contribution in [1.29, 1.82) is 0 Å². The number of hydrogen-bond donors (Lipinski definition) is 1. The average molecular weight is 226 g/mol. The van der Waals surface area contributed by atoms with Crippen molar-refractivity contribution in [3.8, 4) is 0 Å². The molecule has 0 aliphatic carbocycles. The van der Waals surface area contributed by atoms with Gasteiger partial charge in [-0.15, -0.1) is 5.10 Å². The summed E-state index contributed by atoms with van der Waals surface area (Å²) in [6.45, 7) is 4.95. The van der Waals surface area contributed by atoms with Crippen LogP contribution >= 0.6 is 0 Å². The van der Waals surface area contributed by atoms with Crippen molar-refractivity contribution in [3.63, 3.8) is 0 Å². The van der Waals surface area contributed by atoms with Crippen LogP contribution in [-0.4, -0.2) is 21.2 Å². The molecule has 0 aliphatic heterocycles. The van der Waals surface area contributed by atoms with Crippen molar-refractivity contribution in [2.45, 2.75) is 26.7 Å². The molecule has 1 aromatic rings. The fourth-order valence-corrected chi connectivity index (χ4v) is 1.55. The molecule has 0 amide bonds. The molecule has 0 fully saturated rings. The van der Waals surface area contributed by atoms with Crippen LogP contribution in [0, 0.1) is 16.0 Å². The SMILES string of the molecule is CCC(CC)CNc1nn(C)cc1[N+](=O)[O-]. The molecule has 6 nitrogen and oxygen atoms in total. The summed E-state index contributed by atoms with van der Waals surface area (Å²) in [4.78, 5) is 10.3. The molecule has 0 saturated carbocycles. The number of aryl methyl sites for hydroxylation is 1. The Morgan fingerprint density at radius 1 is 1.56 bits per heavy atom. The lowest BCUT2D eigenvalue weighted by Crippen LogP contribution is -2.13. The van der Waals surface area contributed by atoms with Crippen LogP contribution in [0.3, 0.4) is 0 Å². The van der Waals surface area contributed by atoms with Crippen molar-refractivity contribution in [2.24, 2.45) is 13.0 Å². The Morgan fingerprint density at radius 3 is 2.69 bits per heavy atom. The molecule has 0 atom stereocenters. The van der Waals surface area contributed by atoms with Gasteiger partial charge >= 0.3 is 5.69 Å². The predicted octanol–water partition coefficient (Wildman–Crippen LogP) is 2.18. The lowest BCUT2D eigenvalue weighted by molar-refractivity contribution is -0.384. The van der Waals surface area contributed by atoms with E-state index in [4.69, 9.17) is 0 Å². The Morgan fingerprint density at radius 2 is 2.19 bits per heavy atom.